The van der Waals surface area contributed by atoms with E-state index in [0.29, 0.717) is 0 Å². The molecule has 0 amide bonds. The first-order chi connectivity index (χ1) is 9.33. The van der Waals surface area contributed by atoms with Crippen LogP contribution in [0.5, 0.6) is 0 Å². The van der Waals surface area contributed by atoms with E-state index in [0.717, 1.165) is 57.9 Å². The van der Waals surface area contributed by atoms with Gasteiger partial charge in [-0.15, -0.1) is 0 Å². The summed E-state index contributed by atoms with van der Waals surface area (Å²) in [5.41, 5.74) is 0. The Bertz CT molecular complexity index is 376. The van der Waals surface area contributed by atoms with Crippen molar-refractivity contribution in [2.45, 2.75) is 0 Å². The minimum atomic E-state index is -10.7. The molecule has 2 saturated heterocycles. The Labute approximate surface area is 122 Å². The number of morpholine rings is 2. The molecule has 0 aromatic rings. The monoisotopic (exact) mass is 364 g/mol. The van der Waals surface area contributed by atoms with E-state index in [4.69, 9.17) is 21.1 Å². The zero-order valence-corrected chi connectivity index (χ0v) is 12.6. The topological polar surface area (TPSA) is 24.7 Å². The Morgan fingerprint density at radius 3 is 1.67 bits per heavy atom. The van der Waals surface area contributed by atoms with Gasteiger partial charge >= 0.3 is 38.3 Å². The van der Waals surface area contributed by atoms with E-state index in [1.54, 1.807) is 0 Å². The van der Waals surface area contributed by atoms with Crippen molar-refractivity contribution < 1.29 is 39.2 Å². The van der Waals surface area contributed by atoms with E-state index in [1.165, 1.54) is 0 Å². The molecular weight excluding hydrogens is 349 g/mol. The first-order valence-electron chi connectivity index (χ1n) is 6.07. The molecule has 0 unspecified atom stereocenters. The third-order valence-electron chi connectivity index (χ3n) is 2.54. The Hall–Kier alpha value is -0.310. The minimum absolute atomic E-state index is 0.778. The van der Waals surface area contributed by atoms with Crippen molar-refractivity contribution in [3.05, 3.63) is 0 Å². The van der Waals surface area contributed by atoms with Crippen LogP contribution in [0.1, 0.15) is 0 Å². The SMILES string of the molecule is ClC(N1CCOCC1)=[N+]1CCOCC1.F[P-](F)(F)(F)(F)F. The van der Waals surface area contributed by atoms with E-state index in [2.05, 4.69) is 9.48 Å². The number of amidine groups is 1. The van der Waals surface area contributed by atoms with Crippen molar-refractivity contribution in [2.24, 2.45) is 0 Å². The van der Waals surface area contributed by atoms with Crippen LogP contribution in [0.15, 0.2) is 0 Å². The van der Waals surface area contributed by atoms with Crippen LogP contribution in [0.25, 0.3) is 0 Å². The second-order valence-corrected chi connectivity index (χ2v) is 6.68. The molecule has 2 heterocycles. The van der Waals surface area contributed by atoms with Gasteiger partial charge in [-0.2, -0.15) is 0 Å². The molecule has 0 saturated carbocycles. The maximum atomic E-state index is 9.87. The fourth-order valence-electron chi connectivity index (χ4n) is 1.70. The van der Waals surface area contributed by atoms with Crippen molar-refractivity contribution >= 4 is 24.7 Å². The fraction of sp³-hybridized carbons (Fsp3) is 0.889. The second kappa shape index (κ2) is 6.06. The number of hydrogen-bond acceptors (Lipinski definition) is 2. The van der Waals surface area contributed by atoms with Gasteiger partial charge in [-0.25, -0.2) is 9.48 Å². The van der Waals surface area contributed by atoms with Gasteiger partial charge in [0.25, 0.3) is 0 Å². The van der Waals surface area contributed by atoms with Gasteiger partial charge in [0, 0.05) is 11.6 Å². The number of nitrogens with zero attached hydrogens (tertiary/aromatic N) is 2. The molecule has 0 spiro atoms. The van der Waals surface area contributed by atoms with Crippen molar-refractivity contribution in [3.8, 4) is 0 Å². The van der Waals surface area contributed by atoms with Crippen LogP contribution >= 0.6 is 19.4 Å². The molecule has 12 heteroatoms. The molecule has 0 atom stereocenters. The zero-order valence-electron chi connectivity index (χ0n) is 11.0. The number of halogens is 7. The summed E-state index contributed by atoms with van der Waals surface area (Å²) in [6.45, 7) is 6.71. The molecule has 0 N–H and O–H groups in total. The number of hydrogen-bond donors (Lipinski definition) is 0. The molecule has 0 radical (unpaired) electrons. The van der Waals surface area contributed by atoms with E-state index >= 15 is 0 Å². The molecule has 0 aromatic heterocycles. The standard InChI is InChI=1S/C9H16ClN2O2.F6P/c10-9(11-1-5-13-6-2-11)12-3-7-14-8-4-12;1-7(2,3,4,5)6/h1-8H2;/q+1;-1. The van der Waals surface area contributed by atoms with Crippen LogP contribution in [0.4, 0.5) is 25.2 Å². The van der Waals surface area contributed by atoms with Crippen molar-refractivity contribution in [1.29, 1.82) is 0 Å². The molecule has 0 aromatic carbocycles. The fourth-order valence-corrected chi connectivity index (χ4v) is 2.03. The summed E-state index contributed by atoms with van der Waals surface area (Å²) in [6, 6.07) is 0. The van der Waals surface area contributed by atoms with Gasteiger partial charge < -0.3 is 9.47 Å². The van der Waals surface area contributed by atoms with Crippen LogP contribution in [0.2, 0.25) is 0 Å². The summed E-state index contributed by atoms with van der Waals surface area (Å²) in [5.74, 6) is 0. The Kier molecular flexibility index (Phi) is 5.41. The van der Waals surface area contributed by atoms with Gasteiger partial charge in [0.15, 0.2) is 0 Å². The molecule has 0 bridgehead atoms. The molecule has 4 nitrogen and oxygen atoms in total. The van der Waals surface area contributed by atoms with E-state index < -0.39 is 7.81 Å². The van der Waals surface area contributed by atoms with Gasteiger partial charge in [0.1, 0.15) is 26.2 Å². The van der Waals surface area contributed by atoms with Crippen LogP contribution in [-0.2, 0) is 9.47 Å². The van der Waals surface area contributed by atoms with Crippen LogP contribution < -0.4 is 0 Å². The third-order valence-corrected chi connectivity index (χ3v) is 3.02. The van der Waals surface area contributed by atoms with Crippen molar-refractivity contribution in [3.63, 3.8) is 0 Å². The second-order valence-electron chi connectivity index (χ2n) is 4.43. The van der Waals surface area contributed by atoms with Crippen LogP contribution in [0.3, 0.4) is 0 Å². The number of rotatable bonds is 0. The first kappa shape index (κ1) is 18.7. The normalized spacial score (nSPS) is 23.6. The molecule has 2 aliphatic heterocycles. The van der Waals surface area contributed by atoms with E-state index in [9.17, 15) is 25.2 Å². The number of ether oxygens (including phenoxy) is 2. The average Bonchev–Trinajstić information content (AvgIpc) is 2.36. The Balaban J connectivity index is 0.000000270. The summed E-state index contributed by atoms with van der Waals surface area (Å²) in [4.78, 5) is 2.18. The average molecular weight is 365 g/mol. The van der Waals surface area contributed by atoms with Crippen LogP contribution in [-0.4, -0.2) is 67.4 Å². The third kappa shape index (κ3) is 11.0. The molecule has 2 aliphatic rings. The van der Waals surface area contributed by atoms with Crippen LogP contribution in [0, 0.1) is 0 Å². The van der Waals surface area contributed by atoms with Gasteiger partial charge in [-0.1, -0.05) is 0 Å². The predicted octanol–water partition coefficient (Wildman–Crippen LogP) is 3.34. The van der Waals surface area contributed by atoms with E-state index in [1.807, 2.05) is 0 Å². The summed E-state index contributed by atoms with van der Waals surface area (Å²) in [5, 5.41) is 0.858. The first-order valence-corrected chi connectivity index (χ1v) is 8.48. The Morgan fingerprint density at radius 2 is 1.24 bits per heavy atom. The quantitative estimate of drug-likeness (QED) is 0.217. The molecule has 0 aliphatic carbocycles. The summed E-state index contributed by atoms with van der Waals surface area (Å²) >= 11 is 6.30. The van der Waals surface area contributed by atoms with Crippen molar-refractivity contribution in [2.75, 3.05) is 52.6 Å². The summed E-state index contributed by atoms with van der Waals surface area (Å²) in [7, 11) is -10.7. The Morgan fingerprint density at radius 1 is 0.857 bits per heavy atom. The van der Waals surface area contributed by atoms with Gasteiger partial charge in [0.05, 0.1) is 26.4 Å². The van der Waals surface area contributed by atoms with E-state index in [-0.39, 0.29) is 0 Å². The summed E-state index contributed by atoms with van der Waals surface area (Å²) in [6.07, 6.45) is 0. The predicted molar refractivity (Wildman–Crippen MR) is 67.6 cm³/mol. The zero-order chi connectivity index (χ0) is 16.2. The molecular formula is C9H16ClF6N2O2P. The molecule has 21 heavy (non-hydrogen) atoms. The molecule has 128 valence electrons. The summed E-state index contributed by atoms with van der Waals surface area (Å²) < 4.78 is 71.9. The maximum absolute atomic E-state index is 10.7. The molecule has 2 rings (SSSR count). The molecule has 2 fully saturated rings. The van der Waals surface area contributed by atoms with Crippen molar-refractivity contribution in [1.82, 2.24) is 4.90 Å². The van der Waals surface area contributed by atoms with Gasteiger partial charge in [-0.05, 0) is 0 Å². The van der Waals surface area contributed by atoms with Gasteiger partial charge in [0.2, 0.25) is 0 Å². The van der Waals surface area contributed by atoms with Gasteiger partial charge in [-0.3, -0.25) is 0 Å².